The maximum atomic E-state index is 12.6. The molecule has 0 fully saturated rings. The molecule has 0 saturated heterocycles. The molecule has 15 heavy (non-hydrogen) atoms. The molecule has 0 saturated carbocycles. The molecule has 1 rings (SSSR count). The Morgan fingerprint density at radius 2 is 2.00 bits per heavy atom. The molecule has 1 aromatic carbocycles. The topological polar surface area (TPSA) is 37.3 Å². The van der Waals surface area contributed by atoms with Crippen LogP contribution in [0.4, 0.5) is 4.39 Å². The maximum Gasteiger partial charge on any atom is 0.342 e. The van der Waals surface area contributed by atoms with E-state index in [0.29, 0.717) is 0 Å². The average Bonchev–Trinajstić information content (AvgIpc) is 2.21. The van der Waals surface area contributed by atoms with E-state index in [-0.39, 0.29) is 10.7 Å². The average molecular weight is 244 g/mol. The van der Waals surface area contributed by atoms with Crippen LogP contribution in [0.3, 0.4) is 0 Å². The molecule has 1 aromatic rings. The highest BCUT2D eigenvalue weighted by Gasteiger charge is 2.04. The summed E-state index contributed by atoms with van der Waals surface area (Å²) in [7, 11) is 0. The third kappa shape index (κ3) is 3.97. The first-order valence-corrected chi connectivity index (χ1v) is 6.13. The Labute approximate surface area is 95.6 Å². The lowest BCUT2D eigenvalue weighted by atomic mass is 10.4. The number of aliphatic carboxylic acids is 1. The van der Waals surface area contributed by atoms with Crippen LogP contribution in [0.25, 0.3) is 0 Å². The number of rotatable bonds is 4. The van der Waals surface area contributed by atoms with Crippen LogP contribution in [0.1, 0.15) is 0 Å². The van der Waals surface area contributed by atoms with Gasteiger partial charge in [-0.15, -0.1) is 11.8 Å². The highest BCUT2D eigenvalue weighted by molar-refractivity contribution is 8.06. The van der Waals surface area contributed by atoms with E-state index in [4.69, 9.17) is 5.11 Å². The summed E-state index contributed by atoms with van der Waals surface area (Å²) in [6, 6.07) is 5.90. The second-order valence-corrected chi connectivity index (χ2v) is 4.35. The van der Waals surface area contributed by atoms with Gasteiger partial charge in [-0.1, -0.05) is 11.8 Å². The van der Waals surface area contributed by atoms with Gasteiger partial charge in [-0.25, -0.2) is 9.18 Å². The Bertz CT molecular complexity index is 374. The summed E-state index contributed by atoms with van der Waals surface area (Å²) in [6.07, 6.45) is 1.70. The molecule has 0 unspecified atom stereocenters. The van der Waals surface area contributed by atoms with Crippen molar-refractivity contribution in [3.8, 4) is 0 Å². The van der Waals surface area contributed by atoms with Crippen LogP contribution >= 0.6 is 23.5 Å². The van der Waals surface area contributed by atoms with Crippen molar-refractivity contribution in [2.75, 3.05) is 6.26 Å². The first-order valence-electron chi connectivity index (χ1n) is 4.03. The number of carboxylic acid groups (broad SMARTS) is 1. The van der Waals surface area contributed by atoms with E-state index < -0.39 is 5.97 Å². The van der Waals surface area contributed by atoms with Gasteiger partial charge in [0.25, 0.3) is 0 Å². The van der Waals surface area contributed by atoms with Gasteiger partial charge in [-0.2, -0.15) is 0 Å². The number of benzene rings is 1. The third-order valence-electron chi connectivity index (χ3n) is 1.55. The Morgan fingerprint density at radius 3 is 2.47 bits per heavy atom. The predicted molar refractivity (Wildman–Crippen MR) is 61.5 cm³/mol. The number of carbonyl (C=O) groups is 1. The number of thioether (sulfide) groups is 2. The molecule has 0 aliphatic rings. The van der Waals surface area contributed by atoms with Crippen LogP contribution in [0.15, 0.2) is 39.5 Å². The van der Waals surface area contributed by atoms with Gasteiger partial charge in [0.1, 0.15) is 5.82 Å². The molecular formula is C10H9FO2S2. The normalized spacial score (nSPS) is 11.5. The Morgan fingerprint density at radius 1 is 1.40 bits per heavy atom. The fourth-order valence-electron chi connectivity index (χ4n) is 0.821. The van der Waals surface area contributed by atoms with Gasteiger partial charge in [0, 0.05) is 4.90 Å². The zero-order chi connectivity index (χ0) is 11.3. The smallest absolute Gasteiger partial charge is 0.342 e. The lowest BCUT2D eigenvalue weighted by molar-refractivity contribution is -0.131. The van der Waals surface area contributed by atoms with E-state index in [0.717, 1.165) is 4.90 Å². The highest BCUT2D eigenvalue weighted by Crippen LogP contribution is 2.24. The molecule has 80 valence electrons. The molecule has 5 heteroatoms. The van der Waals surface area contributed by atoms with Crippen molar-refractivity contribution in [3.05, 3.63) is 40.4 Å². The standard InChI is InChI=1S/C10H9FO2S2/c1-14-9(10(12)13)6-15-8-4-2-7(11)3-5-8/h2-6H,1H3,(H,12,13). The molecule has 0 amide bonds. The minimum Gasteiger partial charge on any atom is -0.477 e. The summed E-state index contributed by atoms with van der Waals surface area (Å²) in [5.41, 5.74) is 0. The monoisotopic (exact) mass is 244 g/mol. The Hall–Kier alpha value is -0.940. The van der Waals surface area contributed by atoms with Crippen LogP contribution < -0.4 is 0 Å². The number of hydrogen-bond donors (Lipinski definition) is 1. The molecule has 0 atom stereocenters. The lowest BCUT2D eigenvalue weighted by Gasteiger charge is -1.98. The quantitative estimate of drug-likeness (QED) is 0.652. The van der Waals surface area contributed by atoms with Crippen LogP contribution in [0.5, 0.6) is 0 Å². The second-order valence-electron chi connectivity index (χ2n) is 2.56. The minimum absolute atomic E-state index is 0.268. The van der Waals surface area contributed by atoms with Crippen LogP contribution in [0.2, 0.25) is 0 Å². The fourth-order valence-corrected chi connectivity index (χ4v) is 2.16. The molecule has 2 nitrogen and oxygen atoms in total. The van der Waals surface area contributed by atoms with Crippen molar-refractivity contribution in [1.82, 2.24) is 0 Å². The second kappa shape index (κ2) is 5.82. The summed E-state index contributed by atoms with van der Waals surface area (Å²) in [5, 5.41) is 10.3. The number of halogens is 1. The molecule has 0 spiro atoms. The molecule has 0 aromatic heterocycles. The van der Waals surface area contributed by atoms with Gasteiger partial charge in [-0.3, -0.25) is 0 Å². The third-order valence-corrected chi connectivity index (χ3v) is 3.33. The SMILES string of the molecule is CSC(=CSc1ccc(F)cc1)C(=O)O. The lowest BCUT2D eigenvalue weighted by Crippen LogP contribution is -1.94. The van der Waals surface area contributed by atoms with Gasteiger partial charge >= 0.3 is 5.97 Å². The summed E-state index contributed by atoms with van der Waals surface area (Å²) in [5.74, 6) is -1.25. The van der Waals surface area contributed by atoms with E-state index in [1.54, 1.807) is 23.8 Å². The first kappa shape index (κ1) is 12.1. The molecular weight excluding hydrogens is 235 g/mol. The summed E-state index contributed by atoms with van der Waals surface area (Å²) in [6.45, 7) is 0. The zero-order valence-corrected chi connectivity index (χ0v) is 9.57. The highest BCUT2D eigenvalue weighted by atomic mass is 32.2. The molecule has 0 aliphatic heterocycles. The van der Waals surface area contributed by atoms with Crippen molar-refractivity contribution in [3.63, 3.8) is 0 Å². The molecule has 0 heterocycles. The van der Waals surface area contributed by atoms with Gasteiger partial charge in [0.05, 0.1) is 4.91 Å². The largest absolute Gasteiger partial charge is 0.477 e. The first-order chi connectivity index (χ1) is 7.13. The number of carboxylic acids is 1. The van der Waals surface area contributed by atoms with Crippen molar-refractivity contribution < 1.29 is 14.3 Å². The van der Waals surface area contributed by atoms with E-state index in [2.05, 4.69) is 0 Å². The van der Waals surface area contributed by atoms with E-state index in [1.807, 2.05) is 0 Å². The van der Waals surface area contributed by atoms with Crippen LogP contribution in [0, 0.1) is 5.82 Å². The fraction of sp³-hybridized carbons (Fsp3) is 0.100. The summed E-state index contributed by atoms with van der Waals surface area (Å²) >= 11 is 2.43. The van der Waals surface area contributed by atoms with Gasteiger partial charge in [0.15, 0.2) is 0 Å². The van der Waals surface area contributed by atoms with Crippen LogP contribution in [-0.4, -0.2) is 17.3 Å². The number of hydrogen-bond acceptors (Lipinski definition) is 3. The van der Waals surface area contributed by atoms with E-state index >= 15 is 0 Å². The summed E-state index contributed by atoms with van der Waals surface area (Å²) in [4.78, 5) is 11.7. The Balaban J connectivity index is 2.70. The van der Waals surface area contributed by atoms with E-state index in [9.17, 15) is 9.18 Å². The Kier molecular flexibility index (Phi) is 4.71. The molecule has 0 radical (unpaired) electrons. The van der Waals surface area contributed by atoms with E-state index in [1.165, 1.54) is 35.7 Å². The summed E-state index contributed by atoms with van der Waals surface area (Å²) < 4.78 is 12.6. The maximum absolute atomic E-state index is 12.6. The predicted octanol–water partition coefficient (Wildman–Crippen LogP) is 3.21. The van der Waals surface area contributed by atoms with Crippen molar-refractivity contribution in [2.24, 2.45) is 0 Å². The molecule has 0 aliphatic carbocycles. The minimum atomic E-state index is -0.947. The molecule has 0 bridgehead atoms. The van der Waals surface area contributed by atoms with Crippen molar-refractivity contribution in [2.45, 2.75) is 4.90 Å². The zero-order valence-electron chi connectivity index (χ0n) is 7.94. The van der Waals surface area contributed by atoms with Crippen LogP contribution in [-0.2, 0) is 4.79 Å². The van der Waals surface area contributed by atoms with Gasteiger partial charge in [-0.05, 0) is 35.9 Å². The van der Waals surface area contributed by atoms with Gasteiger partial charge in [0.2, 0.25) is 0 Å². The van der Waals surface area contributed by atoms with Crippen molar-refractivity contribution in [1.29, 1.82) is 0 Å². The molecule has 1 N–H and O–H groups in total. The van der Waals surface area contributed by atoms with Gasteiger partial charge < -0.3 is 5.11 Å². The van der Waals surface area contributed by atoms with Crippen molar-refractivity contribution >= 4 is 29.5 Å².